The lowest BCUT2D eigenvalue weighted by atomic mass is 10.1. The third kappa shape index (κ3) is 3.36. The van der Waals surface area contributed by atoms with E-state index in [0.29, 0.717) is 17.7 Å². The molecule has 1 heterocycles. The van der Waals surface area contributed by atoms with Crippen LogP contribution in [0.5, 0.6) is 5.75 Å². The number of ether oxygens (including phenoxy) is 1. The van der Waals surface area contributed by atoms with Gasteiger partial charge in [-0.05, 0) is 44.9 Å². The van der Waals surface area contributed by atoms with Crippen molar-refractivity contribution in [2.24, 2.45) is 0 Å². The number of hydrogen-bond donors (Lipinski definition) is 1. The average Bonchev–Trinajstić information content (AvgIpc) is 2.64. The molecule has 0 spiro atoms. The number of nitrogens with one attached hydrogen (secondary N) is 1. The Morgan fingerprint density at radius 2 is 1.95 bits per heavy atom. The second-order valence-corrected chi connectivity index (χ2v) is 6.17. The molecule has 1 saturated heterocycles. The molecule has 5 nitrogen and oxygen atoms in total. The Labute approximate surface area is 130 Å². The summed E-state index contributed by atoms with van der Waals surface area (Å²) in [4.78, 5) is 25.4. The van der Waals surface area contributed by atoms with E-state index in [-0.39, 0.29) is 17.6 Å². The van der Waals surface area contributed by atoms with Crippen molar-refractivity contribution in [2.75, 3.05) is 7.05 Å². The molecule has 1 aromatic carbocycles. The topological polar surface area (TPSA) is 58.6 Å². The lowest BCUT2D eigenvalue weighted by molar-refractivity contribution is -0.130. The molecule has 5 heteroatoms. The highest BCUT2D eigenvalue weighted by molar-refractivity contribution is 5.88. The van der Waals surface area contributed by atoms with Crippen molar-refractivity contribution in [1.29, 1.82) is 0 Å². The van der Waals surface area contributed by atoms with E-state index in [1.54, 1.807) is 31.0 Å². The first-order valence-electron chi connectivity index (χ1n) is 7.22. The number of rotatable bonds is 4. The summed E-state index contributed by atoms with van der Waals surface area (Å²) in [6.45, 7) is 9.10. The second kappa shape index (κ2) is 5.93. The van der Waals surface area contributed by atoms with Crippen LogP contribution in [0.3, 0.4) is 0 Å². The Balaban J connectivity index is 2.02. The van der Waals surface area contributed by atoms with E-state index in [2.05, 4.69) is 11.9 Å². The predicted molar refractivity (Wildman–Crippen MR) is 84.4 cm³/mol. The first-order valence-corrected chi connectivity index (χ1v) is 7.22. The Bertz CT molecular complexity index is 605. The zero-order chi connectivity index (χ0) is 16.5. The van der Waals surface area contributed by atoms with Crippen LogP contribution >= 0.6 is 0 Å². The van der Waals surface area contributed by atoms with Gasteiger partial charge in [0.2, 0.25) is 5.91 Å². The van der Waals surface area contributed by atoms with Crippen LogP contribution in [-0.2, 0) is 16.0 Å². The van der Waals surface area contributed by atoms with Crippen LogP contribution in [0.25, 0.3) is 0 Å². The number of esters is 1. The van der Waals surface area contributed by atoms with Crippen LogP contribution in [-0.4, -0.2) is 35.5 Å². The second-order valence-electron chi connectivity index (χ2n) is 6.17. The fourth-order valence-corrected chi connectivity index (χ4v) is 2.36. The summed E-state index contributed by atoms with van der Waals surface area (Å²) in [5, 5.41) is 3.32. The zero-order valence-corrected chi connectivity index (χ0v) is 13.5. The monoisotopic (exact) mass is 302 g/mol. The van der Waals surface area contributed by atoms with E-state index in [1.807, 2.05) is 26.0 Å². The molecule has 0 aliphatic carbocycles. The standard InChI is InChI=1S/C17H22N2O3/c1-11(2)16(21)22-13-8-6-12(7-9-13)10-14-15(20)19(5)17(3,4)18-14/h6-9,14,18H,1,10H2,2-5H3/t14-/m0/s1. The molecule has 1 N–H and O–H groups in total. The van der Waals surface area contributed by atoms with Gasteiger partial charge in [-0.2, -0.15) is 0 Å². The third-order valence-electron chi connectivity index (χ3n) is 3.92. The lowest BCUT2D eigenvalue weighted by Gasteiger charge is -2.27. The number of hydrogen-bond acceptors (Lipinski definition) is 4. The number of likely N-dealkylation sites (N-methyl/N-ethyl adjacent to an activating group) is 1. The minimum Gasteiger partial charge on any atom is -0.423 e. The van der Waals surface area contributed by atoms with Gasteiger partial charge in [-0.1, -0.05) is 18.7 Å². The van der Waals surface area contributed by atoms with Gasteiger partial charge in [0.05, 0.1) is 11.7 Å². The Hall–Kier alpha value is -2.14. The fraction of sp³-hybridized carbons (Fsp3) is 0.412. The van der Waals surface area contributed by atoms with Crippen LogP contribution < -0.4 is 10.1 Å². The summed E-state index contributed by atoms with van der Waals surface area (Å²) >= 11 is 0. The molecular weight excluding hydrogens is 280 g/mol. The highest BCUT2D eigenvalue weighted by atomic mass is 16.5. The Morgan fingerprint density at radius 1 is 1.36 bits per heavy atom. The average molecular weight is 302 g/mol. The summed E-state index contributed by atoms with van der Waals surface area (Å²) in [6.07, 6.45) is 0.599. The maximum absolute atomic E-state index is 12.2. The third-order valence-corrected chi connectivity index (χ3v) is 3.92. The molecule has 0 saturated carbocycles. The van der Waals surface area contributed by atoms with Crippen molar-refractivity contribution >= 4 is 11.9 Å². The molecule has 118 valence electrons. The van der Waals surface area contributed by atoms with Gasteiger partial charge in [0.15, 0.2) is 0 Å². The molecule has 1 aromatic rings. The van der Waals surface area contributed by atoms with Crippen molar-refractivity contribution in [3.05, 3.63) is 42.0 Å². The lowest BCUT2D eigenvalue weighted by Crippen LogP contribution is -2.45. The van der Waals surface area contributed by atoms with Crippen LogP contribution in [0.4, 0.5) is 0 Å². The first-order chi connectivity index (χ1) is 10.2. The normalized spacial score (nSPS) is 20.1. The number of carbonyl (C=O) groups is 2. The molecule has 1 aliphatic heterocycles. The van der Waals surface area contributed by atoms with E-state index in [0.717, 1.165) is 5.56 Å². The smallest absolute Gasteiger partial charge is 0.338 e. The predicted octanol–water partition coefficient (Wildman–Crippen LogP) is 1.88. The SMILES string of the molecule is C=C(C)C(=O)Oc1ccc(C[C@@H]2NC(C)(C)N(C)C2=O)cc1. The van der Waals surface area contributed by atoms with Crippen LogP contribution in [0.15, 0.2) is 36.4 Å². The van der Waals surface area contributed by atoms with Crippen molar-refractivity contribution < 1.29 is 14.3 Å². The number of carbonyl (C=O) groups excluding carboxylic acids is 2. The first kappa shape index (κ1) is 16.2. The molecule has 1 aliphatic rings. The zero-order valence-electron chi connectivity index (χ0n) is 13.5. The van der Waals surface area contributed by atoms with Gasteiger partial charge in [0, 0.05) is 12.6 Å². The molecular formula is C17H22N2O3. The maximum Gasteiger partial charge on any atom is 0.338 e. The van der Waals surface area contributed by atoms with Gasteiger partial charge < -0.3 is 9.64 Å². The molecule has 2 rings (SSSR count). The molecule has 22 heavy (non-hydrogen) atoms. The summed E-state index contributed by atoms with van der Waals surface area (Å²) in [5.74, 6) is 0.117. The molecule has 1 amide bonds. The van der Waals surface area contributed by atoms with Crippen LogP contribution in [0.1, 0.15) is 26.3 Å². The molecule has 1 atom stereocenters. The molecule has 0 aromatic heterocycles. The highest BCUT2D eigenvalue weighted by Crippen LogP contribution is 2.22. The van der Waals surface area contributed by atoms with E-state index in [4.69, 9.17) is 4.74 Å². The Kier molecular flexibility index (Phi) is 4.37. The molecule has 0 unspecified atom stereocenters. The summed E-state index contributed by atoms with van der Waals surface area (Å²) in [6, 6.07) is 6.95. The van der Waals surface area contributed by atoms with Gasteiger partial charge in [0.25, 0.3) is 0 Å². The van der Waals surface area contributed by atoms with Gasteiger partial charge in [0.1, 0.15) is 5.75 Å². The van der Waals surface area contributed by atoms with Crippen molar-refractivity contribution in [1.82, 2.24) is 10.2 Å². The maximum atomic E-state index is 12.2. The minimum atomic E-state index is -0.441. The summed E-state index contributed by atoms with van der Waals surface area (Å²) in [7, 11) is 1.80. The summed E-state index contributed by atoms with van der Waals surface area (Å²) in [5.41, 5.74) is 1.03. The number of nitrogens with zero attached hydrogens (tertiary/aromatic N) is 1. The van der Waals surface area contributed by atoms with E-state index < -0.39 is 5.97 Å². The van der Waals surface area contributed by atoms with E-state index in [9.17, 15) is 9.59 Å². The van der Waals surface area contributed by atoms with Gasteiger partial charge in [-0.3, -0.25) is 10.1 Å². The fourth-order valence-electron chi connectivity index (χ4n) is 2.36. The Morgan fingerprint density at radius 3 is 2.41 bits per heavy atom. The van der Waals surface area contributed by atoms with Gasteiger partial charge in [-0.25, -0.2) is 4.79 Å². The van der Waals surface area contributed by atoms with E-state index in [1.165, 1.54) is 0 Å². The largest absolute Gasteiger partial charge is 0.423 e. The van der Waals surface area contributed by atoms with E-state index >= 15 is 0 Å². The van der Waals surface area contributed by atoms with Crippen molar-refractivity contribution in [3.8, 4) is 5.75 Å². The molecule has 1 fully saturated rings. The summed E-state index contributed by atoms with van der Waals surface area (Å²) < 4.78 is 5.14. The van der Waals surface area contributed by atoms with Crippen LogP contribution in [0, 0.1) is 0 Å². The van der Waals surface area contributed by atoms with Crippen molar-refractivity contribution in [2.45, 2.75) is 38.9 Å². The van der Waals surface area contributed by atoms with Crippen LogP contribution in [0.2, 0.25) is 0 Å². The number of amides is 1. The van der Waals surface area contributed by atoms with Gasteiger partial charge in [-0.15, -0.1) is 0 Å². The van der Waals surface area contributed by atoms with Gasteiger partial charge >= 0.3 is 5.97 Å². The quantitative estimate of drug-likeness (QED) is 0.524. The number of benzene rings is 1. The minimum absolute atomic E-state index is 0.0859. The van der Waals surface area contributed by atoms with Crippen molar-refractivity contribution in [3.63, 3.8) is 0 Å². The highest BCUT2D eigenvalue weighted by Gasteiger charge is 2.41. The molecule has 0 bridgehead atoms. The molecule has 0 radical (unpaired) electrons.